The van der Waals surface area contributed by atoms with Gasteiger partial charge in [0, 0.05) is 38.1 Å². The number of rotatable bonds is 4. The SMILES string of the molecule is C[C@H](C(=O)Nc1ccc(F)c(Cl)c1)N1CCN(c2ccccn2)CC1. The first-order valence-corrected chi connectivity index (χ1v) is 8.58. The van der Waals surface area contributed by atoms with Crippen LogP contribution in [0.15, 0.2) is 42.6 Å². The Morgan fingerprint density at radius 3 is 2.64 bits per heavy atom. The molecule has 1 atom stereocenters. The number of piperazine rings is 1. The van der Waals surface area contributed by atoms with Gasteiger partial charge < -0.3 is 10.2 Å². The molecule has 0 saturated carbocycles. The second kappa shape index (κ2) is 7.80. The number of aromatic nitrogens is 1. The maximum atomic E-state index is 13.2. The highest BCUT2D eigenvalue weighted by Gasteiger charge is 2.26. The highest BCUT2D eigenvalue weighted by molar-refractivity contribution is 6.31. The van der Waals surface area contributed by atoms with Crippen LogP contribution in [0.5, 0.6) is 0 Å². The van der Waals surface area contributed by atoms with Crippen LogP contribution in [-0.4, -0.2) is 48.0 Å². The van der Waals surface area contributed by atoms with Crippen molar-refractivity contribution in [2.45, 2.75) is 13.0 Å². The number of hydrogen-bond donors (Lipinski definition) is 1. The zero-order chi connectivity index (χ0) is 17.8. The van der Waals surface area contributed by atoms with Crippen LogP contribution in [0, 0.1) is 5.82 Å². The van der Waals surface area contributed by atoms with Gasteiger partial charge in [0.25, 0.3) is 0 Å². The van der Waals surface area contributed by atoms with E-state index in [1.165, 1.54) is 18.2 Å². The summed E-state index contributed by atoms with van der Waals surface area (Å²) < 4.78 is 13.2. The van der Waals surface area contributed by atoms with E-state index >= 15 is 0 Å². The Labute approximate surface area is 151 Å². The standard InChI is InChI=1S/C18H20ClFN4O/c1-13(18(25)22-14-5-6-16(20)15(19)12-14)23-8-10-24(11-9-23)17-4-2-3-7-21-17/h2-7,12-13H,8-11H2,1H3,(H,22,25)/t13-/m1/s1. The fourth-order valence-corrected chi connectivity index (χ4v) is 3.05. The Kier molecular flexibility index (Phi) is 5.50. The van der Waals surface area contributed by atoms with Crippen LogP contribution < -0.4 is 10.2 Å². The summed E-state index contributed by atoms with van der Waals surface area (Å²) in [4.78, 5) is 21.1. The van der Waals surface area contributed by atoms with Crippen molar-refractivity contribution in [3.05, 3.63) is 53.4 Å². The number of benzene rings is 1. The van der Waals surface area contributed by atoms with Gasteiger partial charge in [-0.05, 0) is 37.3 Å². The van der Waals surface area contributed by atoms with Crippen molar-refractivity contribution in [2.24, 2.45) is 0 Å². The summed E-state index contributed by atoms with van der Waals surface area (Å²) >= 11 is 5.75. The molecule has 1 fully saturated rings. The minimum absolute atomic E-state index is 0.00516. The van der Waals surface area contributed by atoms with Gasteiger partial charge in [-0.1, -0.05) is 17.7 Å². The minimum Gasteiger partial charge on any atom is -0.354 e. The van der Waals surface area contributed by atoms with Crippen LogP contribution in [0.4, 0.5) is 15.9 Å². The Morgan fingerprint density at radius 1 is 1.24 bits per heavy atom. The van der Waals surface area contributed by atoms with Crippen LogP contribution in [0.1, 0.15) is 6.92 Å². The lowest BCUT2D eigenvalue weighted by Crippen LogP contribution is -2.53. The predicted octanol–water partition coefficient (Wildman–Crippen LogP) is 3.02. The van der Waals surface area contributed by atoms with Crippen molar-refractivity contribution in [1.82, 2.24) is 9.88 Å². The molecular weight excluding hydrogens is 343 g/mol. The molecule has 1 amide bonds. The lowest BCUT2D eigenvalue weighted by molar-refractivity contribution is -0.120. The molecule has 1 aromatic carbocycles. The largest absolute Gasteiger partial charge is 0.354 e. The average molecular weight is 363 g/mol. The number of hydrogen-bond acceptors (Lipinski definition) is 4. The van der Waals surface area contributed by atoms with Crippen molar-refractivity contribution < 1.29 is 9.18 Å². The lowest BCUT2D eigenvalue weighted by atomic mass is 10.2. The van der Waals surface area contributed by atoms with E-state index in [1.54, 1.807) is 6.20 Å². The fraction of sp³-hybridized carbons (Fsp3) is 0.333. The third-order valence-corrected chi connectivity index (χ3v) is 4.69. The number of carbonyl (C=O) groups excluding carboxylic acids is 1. The second-order valence-corrected chi connectivity index (χ2v) is 6.41. The molecule has 3 rings (SSSR count). The third kappa shape index (κ3) is 4.27. The van der Waals surface area contributed by atoms with E-state index < -0.39 is 5.82 Å². The van der Waals surface area contributed by atoms with Crippen LogP contribution >= 0.6 is 11.6 Å². The molecule has 1 aliphatic heterocycles. The lowest BCUT2D eigenvalue weighted by Gasteiger charge is -2.37. The Morgan fingerprint density at radius 2 is 2.00 bits per heavy atom. The summed E-state index contributed by atoms with van der Waals surface area (Å²) in [5.41, 5.74) is 0.496. The number of nitrogens with zero attached hydrogens (tertiary/aromatic N) is 3. The molecule has 132 valence electrons. The van der Waals surface area contributed by atoms with Crippen LogP contribution in [0.2, 0.25) is 5.02 Å². The first kappa shape index (κ1) is 17.6. The van der Waals surface area contributed by atoms with Crippen molar-refractivity contribution in [3.63, 3.8) is 0 Å². The molecule has 1 saturated heterocycles. The number of anilines is 2. The molecule has 2 aromatic rings. The first-order chi connectivity index (χ1) is 12.0. The normalized spacial score (nSPS) is 16.5. The Hall–Kier alpha value is -2.18. The van der Waals surface area contributed by atoms with Crippen molar-refractivity contribution in [2.75, 3.05) is 36.4 Å². The van der Waals surface area contributed by atoms with Crippen molar-refractivity contribution in [3.8, 4) is 0 Å². The topological polar surface area (TPSA) is 48.5 Å². The minimum atomic E-state index is -0.502. The number of halogens is 2. The van der Waals surface area contributed by atoms with Crippen LogP contribution in [-0.2, 0) is 4.79 Å². The highest BCUT2D eigenvalue weighted by atomic mass is 35.5. The highest BCUT2D eigenvalue weighted by Crippen LogP contribution is 2.20. The van der Waals surface area contributed by atoms with E-state index in [-0.39, 0.29) is 17.0 Å². The summed E-state index contributed by atoms with van der Waals surface area (Å²) in [6.07, 6.45) is 1.78. The van der Waals surface area contributed by atoms with E-state index in [0.29, 0.717) is 5.69 Å². The number of carbonyl (C=O) groups is 1. The van der Waals surface area contributed by atoms with Gasteiger partial charge in [-0.15, -0.1) is 0 Å². The number of nitrogens with one attached hydrogen (secondary N) is 1. The predicted molar refractivity (Wildman–Crippen MR) is 97.5 cm³/mol. The van der Waals surface area contributed by atoms with Gasteiger partial charge in [0.15, 0.2) is 0 Å². The van der Waals surface area contributed by atoms with E-state index in [2.05, 4.69) is 20.1 Å². The summed E-state index contributed by atoms with van der Waals surface area (Å²) in [5.74, 6) is 0.326. The van der Waals surface area contributed by atoms with Gasteiger partial charge >= 0.3 is 0 Å². The van der Waals surface area contributed by atoms with E-state index in [4.69, 9.17) is 11.6 Å². The van der Waals surface area contributed by atoms with Gasteiger partial charge in [0.1, 0.15) is 11.6 Å². The van der Waals surface area contributed by atoms with Crippen molar-refractivity contribution >= 4 is 29.0 Å². The fourth-order valence-electron chi connectivity index (χ4n) is 2.87. The summed E-state index contributed by atoms with van der Waals surface area (Å²) in [5, 5.41) is 2.79. The molecule has 0 spiro atoms. The van der Waals surface area contributed by atoms with E-state index in [0.717, 1.165) is 32.0 Å². The molecule has 1 N–H and O–H groups in total. The van der Waals surface area contributed by atoms with Gasteiger partial charge in [0.05, 0.1) is 11.1 Å². The van der Waals surface area contributed by atoms with Crippen LogP contribution in [0.3, 0.4) is 0 Å². The monoisotopic (exact) mass is 362 g/mol. The van der Waals surface area contributed by atoms with Crippen molar-refractivity contribution in [1.29, 1.82) is 0 Å². The maximum absolute atomic E-state index is 13.2. The number of amides is 1. The molecule has 25 heavy (non-hydrogen) atoms. The first-order valence-electron chi connectivity index (χ1n) is 8.20. The molecule has 5 nitrogen and oxygen atoms in total. The molecule has 0 aliphatic carbocycles. The molecule has 0 bridgehead atoms. The zero-order valence-corrected chi connectivity index (χ0v) is 14.7. The van der Waals surface area contributed by atoms with Gasteiger partial charge in [-0.2, -0.15) is 0 Å². The Bertz CT molecular complexity index is 735. The third-order valence-electron chi connectivity index (χ3n) is 4.40. The Balaban J connectivity index is 1.55. The van der Waals surface area contributed by atoms with E-state index in [9.17, 15) is 9.18 Å². The van der Waals surface area contributed by atoms with Gasteiger partial charge in [-0.25, -0.2) is 9.37 Å². The average Bonchev–Trinajstić information content (AvgIpc) is 2.65. The summed E-state index contributed by atoms with van der Waals surface area (Å²) in [7, 11) is 0. The molecule has 0 unspecified atom stereocenters. The number of pyridine rings is 1. The zero-order valence-electron chi connectivity index (χ0n) is 14.0. The molecule has 0 radical (unpaired) electrons. The second-order valence-electron chi connectivity index (χ2n) is 6.01. The summed E-state index contributed by atoms with van der Waals surface area (Å²) in [6.45, 7) is 5.05. The molecule has 7 heteroatoms. The molecule has 1 aromatic heterocycles. The van der Waals surface area contributed by atoms with Gasteiger partial charge in [-0.3, -0.25) is 9.69 Å². The smallest absolute Gasteiger partial charge is 0.241 e. The quantitative estimate of drug-likeness (QED) is 0.908. The molecular formula is C18H20ClFN4O. The van der Waals surface area contributed by atoms with E-state index in [1.807, 2.05) is 25.1 Å². The molecule has 2 heterocycles. The molecule has 1 aliphatic rings. The maximum Gasteiger partial charge on any atom is 0.241 e. The van der Waals surface area contributed by atoms with Crippen LogP contribution in [0.25, 0.3) is 0 Å². The van der Waals surface area contributed by atoms with Gasteiger partial charge in [0.2, 0.25) is 5.91 Å². The summed E-state index contributed by atoms with van der Waals surface area (Å²) in [6, 6.07) is 9.74.